The lowest BCUT2D eigenvalue weighted by Gasteiger charge is -2.13. The summed E-state index contributed by atoms with van der Waals surface area (Å²) in [5.41, 5.74) is 1.81. The van der Waals surface area contributed by atoms with E-state index in [1.807, 2.05) is 49.4 Å². The Morgan fingerprint density at radius 1 is 1.23 bits per heavy atom. The van der Waals surface area contributed by atoms with Gasteiger partial charge in [0.25, 0.3) is 0 Å². The van der Waals surface area contributed by atoms with Crippen LogP contribution < -0.4 is 9.47 Å². The third kappa shape index (κ3) is 4.07. The van der Waals surface area contributed by atoms with Crippen LogP contribution in [0.5, 0.6) is 11.5 Å². The summed E-state index contributed by atoms with van der Waals surface area (Å²) in [6.45, 7) is 2.66. The molecule has 6 heteroatoms. The molecule has 134 valence electrons. The number of benzene rings is 2. The normalized spacial score (nSPS) is 15.0. The second-order valence-corrected chi connectivity index (χ2v) is 6.75. The molecule has 0 saturated carbocycles. The van der Waals surface area contributed by atoms with Gasteiger partial charge in [-0.1, -0.05) is 25.1 Å². The lowest BCUT2D eigenvalue weighted by Crippen LogP contribution is -2.05. The van der Waals surface area contributed by atoms with Crippen LogP contribution in [0, 0.1) is 3.57 Å². The highest BCUT2D eigenvalue weighted by molar-refractivity contribution is 14.1. The summed E-state index contributed by atoms with van der Waals surface area (Å²) < 4.78 is 17.4. The summed E-state index contributed by atoms with van der Waals surface area (Å²) in [6, 6.07) is 13.1. The molecule has 0 radical (unpaired) electrons. The number of aliphatic imine (C=N–C) groups is 1. The van der Waals surface area contributed by atoms with Crippen LogP contribution in [0.4, 0.5) is 0 Å². The number of esters is 1. The molecule has 1 aliphatic heterocycles. The molecule has 0 bridgehead atoms. The van der Waals surface area contributed by atoms with E-state index in [0.29, 0.717) is 24.0 Å². The van der Waals surface area contributed by atoms with Crippen LogP contribution in [-0.2, 0) is 9.53 Å². The molecule has 1 heterocycles. The van der Waals surface area contributed by atoms with Crippen molar-refractivity contribution in [3.63, 3.8) is 0 Å². The molecule has 5 nitrogen and oxygen atoms in total. The predicted octanol–water partition coefficient (Wildman–Crippen LogP) is 4.43. The molecule has 0 aromatic heterocycles. The van der Waals surface area contributed by atoms with Crippen molar-refractivity contribution in [2.24, 2.45) is 4.99 Å². The summed E-state index contributed by atoms with van der Waals surface area (Å²) in [7, 11) is 1.59. The zero-order valence-electron chi connectivity index (χ0n) is 14.5. The van der Waals surface area contributed by atoms with E-state index in [1.165, 1.54) is 0 Å². The fourth-order valence-corrected chi connectivity index (χ4v) is 3.22. The number of methoxy groups -OCH3 is 1. The molecule has 0 N–H and O–H groups in total. The third-order valence-corrected chi connectivity index (χ3v) is 4.45. The molecule has 0 amide bonds. The number of hydrogen-bond acceptors (Lipinski definition) is 5. The van der Waals surface area contributed by atoms with Gasteiger partial charge < -0.3 is 14.2 Å². The maximum absolute atomic E-state index is 12.1. The average molecular weight is 463 g/mol. The van der Waals surface area contributed by atoms with Crippen molar-refractivity contribution < 1.29 is 19.0 Å². The smallest absolute Gasteiger partial charge is 0.363 e. The van der Waals surface area contributed by atoms with E-state index in [1.54, 1.807) is 13.2 Å². The van der Waals surface area contributed by atoms with E-state index in [4.69, 9.17) is 14.2 Å². The quantitative estimate of drug-likeness (QED) is 0.361. The number of nitrogens with zero attached hydrogens (tertiary/aromatic N) is 1. The minimum Gasteiger partial charge on any atom is -0.493 e. The molecule has 2 aromatic carbocycles. The summed E-state index contributed by atoms with van der Waals surface area (Å²) >= 11 is 2.19. The van der Waals surface area contributed by atoms with Gasteiger partial charge in [0.05, 0.1) is 17.3 Å². The van der Waals surface area contributed by atoms with Crippen LogP contribution in [0.1, 0.15) is 24.5 Å². The molecular weight excluding hydrogens is 445 g/mol. The minimum atomic E-state index is -0.468. The van der Waals surface area contributed by atoms with E-state index in [-0.39, 0.29) is 5.70 Å². The van der Waals surface area contributed by atoms with Crippen LogP contribution in [0.25, 0.3) is 6.08 Å². The minimum absolute atomic E-state index is 0.254. The summed E-state index contributed by atoms with van der Waals surface area (Å²) in [6.07, 6.45) is 2.60. The van der Waals surface area contributed by atoms with Gasteiger partial charge in [-0.15, -0.1) is 0 Å². The van der Waals surface area contributed by atoms with Crippen molar-refractivity contribution >= 4 is 40.5 Å². The molecular formula is C20H18INO4. The van der Waals surface area contributed by atoms with Gasteiger partial charge in [0, 0.05) is 5.56 Å². The molecule has 0 aliphatic carbocycles. The van der Waals surface area contributed by atoms with Gasteiger partial charge in [0.15, 0.2) is 17.2 Å². The SMILES string of the molecule is CCCOc1c(I)cc(/C=C2\N=C(c3ccccc3)OC2=O)cc1OC. The van der Waals surface area contributed by atoms with E-state index < -0.39 is 5.97 Å². The lowest BCUT2D eigenvalue weighted by atomic mass is 10.1. The highest BCUT2D eigenvalue weighted by Crippen LogP contribution is 2.35. The predicted molar refractivity (Wildman–Crippen MR) is 109 cm³/mol. The molecule has 2 aromatic rings. The fourth-order valence-electron chi connectivity index (χ4n) is 2.44. The topological polar surface area (TPSA) is 57.1 Å². The number of hydrogen-bond donors (Lipinski definition) is 0. The first-order valence-electron chi connectivity index (χ1n) is 8.20. The highest BCUT2D eigenvalue weighted by Gasteiger charge is 2.24. The van der Waals surface area contributed by atoms with E-state index in [9.17, 15) is 4.79 Å². The molecule has 0 saturated heterocycles. The second kappa shape index (κ2) is 8.35. The standard InChI is InChI=1S/C20H18INO4/c1-3-9-25-18-15(21)10-13(12-17(18)24-2)11-16-20(23)26-19(22-16)14-7-5-4-6-8-14/h4-8,10-12H,3,9H2,1-2H3/b16-11-. The van der Waals surface area contributed by atoms with Crippen molar-refractivity contribution in [2.45, 2.75) is 13.3 Å². The van der Waals surface area contributed by atoms with Gasteiger partial charge >= 0.3 is 5.97 Å². The van der Waals surface area contributed by atoms with Gasteiger partial charge in [0.2, 0.25) is 5.90 Å². The molecule has 3 rings (SSSR count). The number of ether oxygens (including phenoxy) is 3. The molecule has 26 heavy (non-hydrogen) atoms. The molecule has 0 unspecified atom stereocenters. The van der Waals surface area contributed by atoms with Crippen molar-refractivity contribution in [1.82, 2.24) is 0 Å². The zero-order valence-corrected chi connectivity index (χ0v) is 16.6. The van der Waals surface area contributed by atoms with Crippen molar-refractivity contribution in [3.05, 3.63) is 62.9 Å². The first kappa shape index (κ1) is 18.4. The average Bonchev–Trinajstić information content (AvgIpc) is 3.02. The fraction of sp³-hybridized carbons (Fsp3) is 0.200. The van der Waals surface area contributed by atoms with E-state index in [0.717, 1.165) is 21.1 Å². The number of rotatable bonds is 6. The maximum atomic E-state index is 12.1. The van der Waals surface area contributed by atoms with Crippen LogP contribution in [-0.4, -0.2) is 25.6 Å². The Labute approximate surface area is 165 Å². The Bertz CT molecular complexity index is 875. The Morgan fingerprint density at radius 2 is 2.00 bits per heavy atom. The molecule has 0 atom stereocenters. The van der Waals surface area contributed by atoms with E-state index >= 15 is 0 Å². The largest absolute Gasteiger partial charge is 0.493 e. The van der Waals surface area contributed by atoms with Gasteiger partial charge in [-0.3, -0.25) is 0 Å². The van der Waals surface area contributed by atoms with Gasteiger partial charge in [-0.25, -0.2) is 9.79 Å². The van der Waals surface area contributed by atoms with Gasteiger partial charge in [0.1, 0.15) is 0 Å². The van der Waals surface area contributed by atoms with Crippen LogP contribution in [0.3, 0.4) is 0 Å². The first-order valence-corrected chi connectivity index (χ1v) is 9.28. The third-order valence-electron chi connectivity index (χ3n) is 3.65. The van der Waals surface area contributed by atoms with Crippen LogP contribution >= 0.6 is 22.6 Å². The highest BCUT2D eigenvalue weighted by atomic mass is 127. The zero-order chi connectivity index (χ0) is 18.5. The Balaban J connectivity index is 1.93. The lowest BCUT2D eigenvalue weighted by molar-refractivity contribution is -0.129. The monoisotopic (exact) mass is 463 g/mol. The number of cyclic esters (lactones) is 1. The van der Waals surface area contributed by atoms with Gasteiger partial charge in [-0.2, -0.15) is 0 Å². The van der Waals surface area contributed by atoms with Gasteiger partial charge in [-0.05, 0) is 64.9 Å². The Hall–Kier alpha value is -2.35. The second-order valence-electron chi connectivity index (χ2n) is 5.58. The van der Waals surface area contributed by atoms with E-state index in [2.05, 4.69) is 27.6 Å². The maximum Gasteiger partial charge on any atom is 0.363 e. The molecule has 1 aliphatic rings. The Kier molecular flexibility index (Phi) is 5.92. The Morgan fingerprint density at radius 3 is 2.69 bits per heavy atom. The summed E-state index contributed by atoms with van der Waals surface area (Å²) in [5.74, 6) is 1.17. The van der Waals surface area contributed by atoms with Crippen LogP contribution in [0.15, 0.2) is 53.2 Å². The number of carbonyl (C=O) groups excluding carboxylic acids is 1. The summed E-state index contributed by atoms with van der Waals surface area (Å²) in [5, 5.41) is 0. The van der Waals surface area contributed by atoms with Crippen molar-refractivity contribution in [3.8, 4) is 11.5 Å². The first-order chi connectivity index (χ1) is 12.6. The summed E-state index contributed by atoms with van der Waals surface area (Å²) in [4.78, 5) is 16.5. The molecule has 0 spiro atoms. The van der Waals surface area contributed by atoms with Crippen molar-refractivity contribution in [2.75, 3.05) is 13.7 Å². The van der Waals surface area contributed by atoms with Crippen LogP contribution in [0.2, 0.25) is 0 Å². The molecule has 0 fully saturated rings. The van der Waals surface area contributed by atoms with Crippen molar-refractivity contribution in [1.29, 1.82) is 0 Å². The number of carbonyl (C=O) groups is 1. The number of halogens is 1.